The summed E-state index contributed by atoms with van der Waals surface area (Å²) in [5.41, 5.74) is 0.146. The van der Waals surface area contributed by atoms with Crippen molar-refractivity contribution in [1.82, 2.24) is 0 Å². The number of rotatable bonds is 0. The minimum atomic E-state index is -0.0847. The fourth-order valence-electron chi connectivity index (χ4n) is 7.20. The van der Waals surface area contributed by atoms with Crippen molar-refractivity contribution in [2.75, 3.05) is 0 Å². The van der Waals surface area contributed by atoms with Crippen molar-refractivity contribution < 1.29 is 14.3 Å². The van der Waals surface area contributed by atoms with Crippen molar-refractivity contribution in [3.63, 3.8) is 0 Å². The van der Waals surface area contributed by atoms with Gasteiger partial charge < -0.3 is 4.74 Å². The van der Waals surface area contributed by atoms with Crippen LogP contribution in [0.2, 0.25) is 0 Å². The van der Waals surface area contributed by atoms with Crippen LogP contribution in [0.3, 0.4) is 0 Å². The highest BCUT2D eigenvalue weighted by Crippen LogP contribution is 2.67. The topological polar surface area (TPSA) is 46.7 Å². The summed E-state index contributed by atoms with van der Waals surface area (Å²) in [6.45, 7) is 4.64. The molecule has 3 heteroatoms. The zero-order valence-corrected chi connectivity index (χ0v) is 13.6. The average molecular weight is 302 g/mol. The van der Waals surface area contributed by atoms with Crippen LogP contribution in [0.15, 0.2) is 0 Å². The molecule has 0 aromatic rings. The second kappa shape index (κ2) is 4.03. The third-order valence-electron chi connectivity index (χ3n) is 8.54. The fraction of sp³-hybridized carbons (Fsp3) is 0.895. The van der Waals surface area contributed by atoms with Gasteiger partial charge in [-0.2, -0.15) is 0 Å². The number of epoxide rings is 1. The summed E-state index contributed by atoms with van der Waals surface area (Å²) in [5, 5.41) is 0. The molecule has 8 atom stereocenters. The minimum Gasteiger partial charge on any atom is -0.361 e. The maximum absolute atomic E-state index is 12.4. The fourth-order valence-corrected chi connectivity index (χ4v) is 7.20. The van der Waals surface area contributed by atoms with Crippen molar-refractivity contribution in [3.05, 3.63) is 0 Å². The van der Waals surface area contributed by atoms with Gasteiger partial charge in [0.2, 0.25) is 0 Å². The van der Waals surface area contributed by atoms with Gasteiger partial charge in [0.25, 0.3) is 0 Å². The number of carbonyl (C=O) groups is 2. The first-order chi connectivity index (χ1) is 10.5. The molecule has 1 saturated heterocycles. The number of Topliss-reactive ketones (excluding diaryl/α,β-unsaturated/α-hetero) is 2. The first kappa shape index (κ1) is 13.7. The van der Waals surface area contributed by atoms with E-state index in [4.69, 9.17) is 4.74 Å². The molecular formula is C19H26O3. The van der Waals surface area contributed by atoms with Gasteiger partial charge >= 0.3 is 0 Å². The lowest BCUT2D eigenvalue weighted by atomic mass is 9.45. The summed E-state index contributed by atoms with van der Waals surface area (Å²) >= 11 is 0. The van der Waals surface area contributed by atoms with Gasteiger partial charge in [0.15, 0.2) is 5.78 Å². The summed E-state index contributed by atoms with van der Waals surface area (Å²) in [6.07, 6.45) is 7.35. The number of fused-ring (bicyclic) bond motifs is 7. The van der Waals surface area contributed by atoms with Crippen LogP contribution >= 0.6 is 0 Å². The maximum atomic E-state index is 12.4. The molecule has 0 aromatic carbocycles. The quantitative estimate of drug-likeness (QED) is 0.646. The van der Waals surface area contributed by atoms with E-state index in [1.807, 2.05) is 0 Å². The lowest BCUT2D eigenvalue weighted by molar-refractivity contribution is -0.141. The third-order valence-corrected chi connectivity index (χ3v) is 8.54. The normalized spacial score (nSPS) is 59.4. The molecule has 0 bridgehead atoms. The first-order valence-corrected chi connectivity index (χ1v) is 9.17. The zero-order valence-electron chi connectivity index (χ0n) is 13.6. The smallest absolute Gasteiger partial charge is 0.164 e. The maximum Gasteiger partial charge on any atom is 0.164 e. The molecule has 0 spiro atoms. The predicted molar refractivity (Wildman–Crippen MR) is 81.2 cm³/mol. The summed E-state index contributed by atoms with van der Waals surface area (Å²) < 4.78 is 5.85. The highest BCUT2D eigenvalue weighted by molar-refractivity contribution is 5.88. The van der Waals surface area contributed by atoms with Crippen LogP contribution < -0.4 is 0 Å². The Hall–Kier alpha value is -0.700. The van der Waals surface area contributed by atoms with Gasteiger partial charge in [-0.3, -0.25) is 9.59 Å². The van der Waals surface area contributed by atoms with E-state index in [0.717, 1.165) is 38.5 Å². The lowest BCUT2D eigenvalue weighted by Gasteiger charge is -2.58. The number of ketones is 2. The van der Waals surface area contributed by atoms with Gasteiger partial charge in [-0.15, -0.1) is 0 Å². The number of carbonyl (C=O) groups excluding carboxylic acids is 2. The standard InChI is InChI=1S/C19H26O3/c1-18-8-7-13-11(12(18)5-6-15(18)21)4-3-10-9-14(20)16-17(22-16)19(10,13)2/h10-13,16-17H,3-9H2,1-2H3/t10-,11+,12+,13+,16+,17-,18+,19+/m1/s1. The molecule has 4 saturated carbocycles. The second-order valence-electron chi connectivity index (χ2n) is 9.08. The summed E-state index contributed by atoms with van der Waals surface area (Å²) in [6, 6.07) is 0. The van der Waals surface area contributed by atoms with E-state index in [-0.39, 0.29) is 23.0 Å². The van der Waals surface area contributed by atoms with Crippen molar-refractivity contribution in [2.45, 2.75) is 71.0 Å². The second-order valence-corrected chi connectivity index (χ2v) is 9.08. The van der Waals surface area contributed by atoms with Crippen LogP contribution in [0.25, 0.3) is 0 Å². The average Bonchev–Trinajstić information content (AvgIpc) is 3.24. The Bertz CT molecular complexity index is 569. The van der Waals surface area contributed by atoms with Gasteiger partial charge in [0.1, 0.15) is 11.9 Å². The van der Waals surface area contributed by atoms with Crippen LogP contribution in [-0.2, 0) is 14.3 Å². The lowest BCUT2D eigenvalue weighted by Crippen LogP contribution is -2.56. The zero-order chi connectivity index (χ0) is 15.3. The molecule has 22 heavy (non-hydrogen) atoms. The van der Waals surface area contributed by atoms with Crippen LogP contribution in [0.5, 0.6) is 0 Å². The number of ether oxygens (including phenoxy) is 1. The Labute approximate surface area is 132 Å². The Kier molecular flexibility index (Phi) is 2.51. The largest absolute Gasteiger partial charge is 0.361 e. The molecular weight excluding hydrogens is 276 g/mol. The van der Waals surface area contributed by atoms with Crippen molar-refractivity contribution in [1.29, 1.82) is 0 Å². The van der Waals surface area contributed by atoms with Crippen LogP contribution in [-0.4, -0.2) is 23.8 Å². The van der Waals surface area contributed by atoms with Gasteiger partial charge in [-0.1, -0.05) is 13.8 Å². The molecule has 5 rings (SSSR count). The Morgan fingerprint density at radius 1 is 1.05 bits per heavy atom. The predicted octanol–water partition coefficient (Wildman–Crippen LogP) is 3.15. The minimum absolute atomic E-state index is 0.0430. The van der Waals surface area contributed by atoms with Crippen LogP contribution in [0.1, 0.15) is 58.8 Å². The molecule has 120 valence electrons. The summed E-state index contributed by atoms with van der Waals surface area (Å²) in [5.74, 6) is 3.32. The van der Waals surface area contributed by atoms with Gasteiger partial charge in [-0.25, -0.2) is 0 Å². The summed E-state index contributed by atoms with van der Waals surface area (Å²) in [7, 11) is 0. The molecule has 5 fully saturated rings. The van der Waals surface area contributed by atoms with Gasteiger partial charge in [-0.05, 0) is 55.8 Å². The Balaban J connectivity index is 1.51. The molecule has 1 aliphatic heterocycles. The molecule has 0 unspecified atom stereocenters. The molecule has 4 aliphatic carbocycles. The number of hydrogen-bond acceptors (Lipinski definition) is 3. The van der Waals surface area contributed by atoms with E-state index in [0.29, 0.717) is 35.2 Å². The van der Waals surface area contributed by atoms with Crippen molar-refractivity contribution in [2.24, 2.45) is 34.5 Å². The SMILES string of the molecule is C[C@]12[C@H](CC[C@@H]3[C@@H]1CC[C@]1(C)C(=O)CC[C@@H]31)CC(=O)[C@@H]1O[C@H]12. The van der Waals surface area contributed by atoms with E-state index in [9.17, 15) is 9.59 Å². The van der Waals surface area contributed by atoms with E-state index in [1.165, 1.54) is 6.42 Å². The van der Waals surface area contributed by atoms with Crippen LogP contribution in [0, 0.1) is 34.5 Å². The molecule has 0 radical (unpaired) electrons. The monoisotopic (exact) mass is 302 g/mol. The van der Waals surface area contributed by atoms with Gasteiger partial charge in [0, 0.05) is 23.7 Å². The summed E-state index contributed by atoms with van der Waals surface area (Å²) in [4.78, 5) is 24.5. The molecule has 1 heterocycles. The highest BCUT2D eigenvalue weighted by atomic mass is 16.6. The van der Waals surface area contributed by atoms with Crippen molar-refractivity contribution >= 4 is 11.6 Å². The molecule has 0 amide bonds. The molecule has 0 N–H and O–H groups in total. The Morgan fingerprint density at radius 2 is 1.86 bits per heavy atom. The molecule has 3 nitrogen and oxygen atoms in total. The van der Waals surface area contributed by atoms with Crippen molar-refractivity contribution in [3.8, 4) is 0 Å². The van der Waals surface area contributed by atoms with Crippen LogP contribution in [0.4, 0.5) is 0 Å². The third kappa shape index (κ3) is 1.43. The highest BCUT2D eigenvalue weighted by Gasteiger charge is 2.69. The van der Waals surface area contributed by atoms with E-state index < -0.39 is 0 Å². The first-order valence-electron chi connectivity index (χ1n) is 9.17. The van der Waals surface area contributed by atoms with E-state index in [2.05, 4.69) is 13.8 Å². The molecule has 0 aromatic heterocycles. The number of hydrogen-bond donors (Lipinski definition) is 0. The molecule has 5 aliphatic rings. The van der Waals surface area contributed by atoms with Gasteiger partial charge in [0.05, 0.1) is 6.10 Å². The van der Waals surface area contributed by atoms with E-state index >= 15 is 0 Å². The van der Waals surface area contributed by atoms with E-state index in [1.54, 1.807) is 0 Å². The Morgan fingerprint density at radius 3 is 2.68 bits per heavy atom.